The van der Waals surface area contributed by atoms with Crippen LogP contribution in [0.4, 0.5) is 22.0 Å². The summed E-state index contributed by atoms with van der Waals surface area (Å²) < 4.78 is 68.6. The second kappa shape index (κ2) is 9.85. The van der Waals surface area contributed by atoms with Gasteiger partial charge < -0.3 is 15.2 Å². The van der Waals surface area contributed by atoms with Crippen LogP contribution >= 0.6 is 0 Å². The number of benzene rings is 2. The van der Waals surface area contributed by atoms with Gasteiger partial charge in [-0.15, -0.1) is 10.2 Å². The normalized spacial score (nSPS) is 20.0. The first-order valence-corrected chi connectivity index (χ1v) is 12.2. The maximum Gasteiger partial charge on any atom is 0.451 e. The van der Waals surface area contributed by atoms with Gasteiger partial charge in [0, 0.05) is 31.5 Å². The van der Waals surface area contributed by atoms with Crippen LogP contribution in [0, 0.1) is 11.6 Å². The topological polar surface area (TPSA) is 77.0 Å². The zero-order chi connectivity index (χ0) is 26.3. The van der Waals surface area contributed by atoms with Gasteiger partial charge in [0.15, 0.2) is 17.5 Å². The summed E-state index contributed by atoms with van der Waals surface area (Å²) in [5.74, 6) is -3.60. The molecule has 0 bridgehead atoms. The minimum atomic E-state index is -4.62. The molecule has 0 spiro atoms. The van der Waals surface area contributed by atoms with Crippen molar-refractivity contribution in [2.45, 2.75) is 62.8 Å². The number of aryl methyl sites for hydroxylation is 1. The summed E-state index contributed by atoms with van der Waals surface area (Å²) in [5.41, 5.74) is 8.94. The molecule has 196 valence electrons. The molecule has 3 aromatic rings. The van der Waals surface area contributed by atoms with Crippen LogP contribution in [0.5, 0.6) is 0 Å². The van der Waals surface area contributed by atoms with E-state index in [1.54, 1.807) is 0 Å². The Hall–Kier alpha value is -3.34. The predicted octanol–water partition coefficient (Wildman–Crippen LogP) is 4.54. The van der Waals surface area contributed by atoms with E-state index >= 15 is 0 Å². The van der Waals surface area contributed by atoms with Crippen LogP contribution in [0.3, 0.4) is 0 Å². The van der Waals surface area contributed by atoms with Crippen LogP contribution in [0.15, 0.2) is 42.5 Å². The number of hydrogen-bond donors (Lipinski definition) is 1. The lowest BCUT2D eigenvalue weighted by Gasteiger charge is -2.30. The van der Waals surface area contributed by atoms with Gasteiger partial charge in [-0.1, -0.05) is 30.3 Å². The summed E-state index contributed by atoms with van der Waals surface area (Å²) in [7, 11) is 0. The van der Waals surface area contributed by atoms with E-state index in [4.69, 9.17) is 5.73 Å². The Morgan fingerprint density at radius 2 is 1.76 bits per heavy atom. The van der Waals surface area contributed by atoms with Gasteiger partial charge in [-0.3, -0.25) is 4.79 Å². The van der Waals surface area contributed by atoms with E-state index in [2.05, 4.69) is 10.2 Å². The van der Waals surface area contributed by atoms with Crippen LogP contribution in [0.2, 0.25) is 0 Å². The van der Waals surface area contributed by atoms with Crippen molar-refractivity contribution in [1.29, 1.82) is 0 Å². The molecular weight excluding hydrogens is 493 g/mol. The van der Waals surface area contributed by atoms with Gasteiger partial charge in [-0.05, 0) is 54.0 Å². The first-order valence-electron chi connectivity index (χ1n) is 12.2. The Bertz CT molecular complexity index is 1290. The standard InChI is InChI=1S/C26H26F5N5O/c27-20-11-17-16(7-6-15-4-2-1-3-5-15)10-19(18(17)12-21(20)28)22(32)13-24(37)35-8-9-36-23(14-35)33-34-25(36)26(29,30)31/h1-5,11-12,16,19,22H,6-10,13-14,32H2/t16-,19-,22-/m0/s1. The van der Waals surface area contributed by atoms with E-state index in [1.165, 1.54) is 17.0 Å². The highest BCUT2D eigenvalue weighted by Gasteiger charge is 2.41. The van der Waals surface area contributed by atoms with Crippen LogP contribution in [0.1, 0.15) is 59.4 Å². The molecule has 2 aromatic carbocycles. The molecule has 0 saturated heterocycles. The van der Waals surface area contributed by atoms with E-state index in [9.17, 15) is 26.7 Å². The number of rotatable bonds is 6. The molecule has 0 fully saturated rings. The lowest BCUT2D eigenvalue weighted by atomic mass is 9.89. The van der Waals surface area contributed by atoms with Crippen molar-refractivity contribution < 1.29 is 26.7 Å². The lowest BCUT2D eigenvalue weighted by molar-refractivity contribution is -0.148. The number of aromatic nitrogens is 3. The molecule has 0 saturated carbocycles. The summed E-state index contributed by atoms with van der Waals surface area (Å²) in [6.07, 6.45) is -2.65. The van der Waals surface area contributed by atoms with Gasteiger partial charge in [-0.25, -0.2) is 8.78 Å². The van der Waals surface area contributed by atoms with Crippen molar-refractivity contribution in [1.82, 2.24) is 19.7 Å². The molecule has 2 aliphatic rings. The molecule has 5 rings (SSSR count). The average Bonchev–Trinajstić information content (AvgIpc) is 3.45. The highest BCUT2D eigenvalue weighted by molar-refractivity contribution is 5.77. The van der Waals surface area contributed by atoms with Gasteiger partial charge in [0.2, 0.25) is 11.7 Å². The number of nitrogens with zero attached hydrogens (tertiary/aromatic N) is 4. The van der Waals surface area contributed by atoms with Crippen LogP contribution in [-0.4, -0.2) is 38.2 Å². The third kappa shape index (κ3) is 5.09. The fourth-order valence-electron chi connectivity index (χ4n) is 5.53. The Balaban J connectivity index is 1.28. The molecule has 6 nitrogen and oxygen atoms in total. The lowest BCUT2D eigenvalue weighted by Crippen LogP contribution is -2.42. The molecule has 3 atom stereocenters. The van der Waals surface area contributed by atoms with Gasteiger partial charge >= 0.3 is 6.18 Å². The second-order valence-electron chi connectivity index (χ2n) is 9.73. The van der Waals surface area contributed by atoms with E-state index in [0.29, 0.717) is 17.5 Å². The number of amides is 1. The van der Waals surface area contributed by atoms with Gasteiger partial charge in [0.1, 0.15) is 0 Å². The monoisotopic (exact) mass is 519 g/mol. The van der Waals surface area contributed by atoms with Crippen molar-refractivity contribution in [2.75, 3.05) is 6.54 Å². The van der Waals surface area contributed by atoms with Crippen LogP contribution in [-0.2, 0) is 30.5 Å². The maximum absolute atomic E-state index is 14.2. The minimum Gasteiger partial charge on any atom is -0.333 e. The Labute approximate surface area is 210 Å². The minimum absolute atomic E-state index is 0.0363. The molecule has 0 unspecified atom stereocenters. The number of nitrogens with two attached hydrogens (primary N) is 1. The summed E-state index contributed by atoms with van der Waals surface area (Å²) >= 11 is 0. The van der Waals surface area contributed by atoms with Gasteiger partial charge in [0.25, 0.3) is 0 Å². The van der Waals surface area contributed by atoms with Gasteiger partial charge in [0.05, 0.1) is 6.54 Å². The molecule has 1 aliphatic heterocycles. The van der Waals surface area contributed by atoms with E-state index in [0.717, 1.165) is 23.0 Å². The zero-order valence-corrected chi connectivity index (χ0v) is 19.9. The number of fused-ring (bicyclic) bond motifs is 2. The fraction of sp³-hybridized carbons (Fsp3) is 0.423. The Kier molecular flexibility index (Phi) is 6.74. The van der Waals surface area contributed by atoms with Crippen molar-refractivity contribution >= 4 is 5.91 Å². The Morgan fingerprint density at radius 1 is 1.05 bits per heavy atom. The SMILES string of the molecule is N[C@@H](CC(=O)N1CCn2c(nnc2C(F)(F)F)C1)[C@H]1C[C@H](CCc2ccccc2)c2cc(F)c(F)cc21. The molecule has 1 aliphatic carbocycles. The van der Waals surface area contributed by atoms with E-state index < -0.39 is 29.7 Å². The number of carbonyl (C=O) groups excluding carboxylic acids is 1. The first-order chi connectivity index (χ1) is 17.6. The summed E-state index contributed by atoms with van der Waals surface area (Å²) in [5, 5.41) is 6.84. The number of carbonyl (C=O) groups is 1. The molecule has 1 aromatic heterocycles. The molecule has 1 amide bonds. The first kappa shape index (κ1) is 25.3. The average molecular weight is 520 g/mol. The second-order valence-corrected chi connectivity index (χ2v) is 9.73. The quantitative estimate of drug-likeness (QED) is 0.486. The third-order valence-electron chi connectivity index (χ3n) is 7.41. The van der Waals surface area contributed by atoms with Crippen molar-refractivity contribution in [3.8, 4) is 0 Å². The molecule has 2 heterocycles. The molecule has 2 N–H and O–H groups in total. The number of alkyl halides is 3. The van der Waals surface area contributed by atoms with E-state index in [-0.39, 0.29) is 49.6 Å². The van der Waals surface area contributed by atoms with Crippen molar-refractivity contribution in [3.05, 3.63) is 82.4 Å². The highest BCUT2D eigenvalue weighted by Crippen LogP contribution is 2.46. The molecule has 0 radical (unpaired) electrons. The highest BCUT2D eigenvalue weighted by atomic mass is 19.4. The predicted molar refractivity (Wildman–Crippen MR) is 124 cm³/mol. The van der Waals surface area contributed by atoms with Crippen molar-refractivity contribution in [2.24, 2.45) is 5.73 Å². The summed E-state index contributed by atoms with van der Waals surface area (Å²) in [6, 6.07) is 11.6. The van der Waals surface area contributed by atoms with Crippen LogP contribution < -0.4 is 5.73 Å². The van der Waals surface area contributed by atoms with Crippen LogP contribution in [0.25, 0.3) is 0 Å². The third-order valence-corrected chi connectivity index (χ3v) is 7.41. The zero-order valence-electron chi connectivity index (χ0n) is 19.9. The summed E-state index contributed by atoms with van der Waals surface area (Å²) in [6.45, 7) is -0.105. The maximum atomic E-state index is 14.2. The summed E-state index contributed by atoms with van der Waals surface area (Å²) in [4.78, 5) is 14.5. The fourth-order valence-corrected chi connectivity index (χ4v) is 5.53. The van der Waals surface area contributed by atoms with Gasteiger partial charge in [-0.2, -0.15) is 13.2 Å². The smallest absolute Gasteiger partial charge is 0.333 e. The number of halogens is 5. The Morgan fingerprint density at radius 3 is 2.46 bits per heavy atom. The van der Waals surface area contributed by atoms with E-state index in [1.807, 2.05) is 30.3 Å². The molecule has 11 heteroatoms. The molecular formula is C26H26F5N5O. The number of hydrogen-bond acceptors (Lipinski definition) is 4. The largest absolute Gasteiger partial charge is 0.451 e. The van der Waals surface area contributed by atoms with Crippen molar-refractivity contribution in [3.63, 3.8) is 0 Å². The molecule has 37 heavy (non-hydrogen) atoms.